The molecule has 1 aliphatic heterocycles. The van der Waals surface area contributed by atoms with E-state index in [4.69, 9.17) is 5.73 Å². The number of aromatic nitrogens is 5. The van der Waals surface area contributed by atoms with E-state index in [1.165, 1.54) is 5.69 Å². The molecule has 1 aliphatic rings. The molecule has 2 N–H and O–H groups in total. The van der Waals surface area contributed by atoms with Crippen LogP contribution < -0.4 is 15.5 Å². The van der Waals surface area contributed by atoms with Gasteiger partial charge in [-0.25, -0.2) is 4.68 Å². The molecule has 0 bridgehead atoms. The molecular formula is C22H29N9. The van der Waals surface area contributed by atoms with Crippen molar-refractivity contribution >= 4 is 23.5 Å². The highest BCUT2D eigenvalue weighted by molar-refractivity contribution is 5.54. The number of anilines is 3. The van der Waals surface area contributed by atoms with Gasteiger partial charge in [0.05, 0.1) is 23.8 Å². The SMILES string of the molecule is Cc1c(C=CCN2CCN(c3cccnc3)CC2)cnn1-c1cc(N(C)C)nc(N)n1. The average Bonchev–Trinajstić information content (AvgIpc) is 3.15. The number of rotatable bonds is 6. The molecule has 0 aromatic carbocycles. The van der Waals surface area contributed by atoms with Crippen LogP contribution in [0.2, 0.25) is 0 Å². The first kappa shape index (κ1) is 20.8. The number of pyridine rings is 1. The molecule has 0 spiro atoms. The summed E-state index contributed by atoms with van der Waals surface area (Å²) in [4.78, 5) is 19.6. The van der Waals surface area contributed by atoms with Crippen molar-refractivity contribution in [2.45, 2.75) is 6.92 Å². The predicted molar refractivity (Wildman–Crippen MR) is 125 cm³/mol. The molecule has 9 heteroatoms. The van der Waals surface area contributed by atoms with Crippen LogP contribution in [0.5, 0.6) is 0 Å². The van der Waals surface area contributed by atoms with Crippen LogP contribution in [0, 0.1) is 6.92 Å². The van der Waals surface area contributed by atoms with Gasteiger partial charge in [0.1, 0.15) is 5.82 Å². The van der Waals surface area contributed by atoms with Crippen molar-refractivity contribution in [2.24, 2.45) is 0 Å². The van der Waals surface area contributed by atoms with E-state index in [-0.39, 0.29) is 5.95 Å². The Kier molecular flexibility index (Phi) is 6.13. The topological polar surface area (TPSA) is 92.2 Å². The zero-order chi connectivity index (χ0) is 21.8. The molecule has 1 saturated heterocycles. The summed E-state index contributed by atoms with van der Waals surface area (Å²) >= 11 is 0. The molecule has 31 heavy (non-hydrogen) atoms. The van der Waals surface area contributed by atoms with E-state index >= 15 is 0 Å². The average molecular weight is 420 g/mol. The molecule has 0 atom stereocenters. The van der Waals surface area contributed by atoms with E-state index in [0.29, 0.717) is 5.82 Å². The van der Waals surface area contributed by atoms with Crippen molar-refractivity contribution in [1.29, 1.82) is 0 Å². The van der Waals surface area contributed by atoms with E-state index in [1.54, 1.807) is 4.68 Å². The number of nitrogen functional groups attached to an aromatic ring is 1. The second-order valence-electron chi connectivity index (χ2n) is 7.84. The summed E-state index contributed by atoms with van der Waals surface area (Å²) in [6.45, 7) is 7.04. The van der Waals surface area contributed by atoms with Gasteiger partial charge in [-0.05, 0) is 19.1 Å². The lowest BCUT2D eigenvalue weighted by Gasteiger charge is -2.35. The molecule has 0 radical (unpaired) electrons. The third-order valence-electron chi connectivity index (χ3n) is 5.48. The number of nitrogens with zero attached hydrogens (tertiary/aromatic N) is 8. The highest BCUT2D eigenvalue weighted by Gasteiger charge is 2.16. The van der Waals surface area contributed by atoms with Crippen molar-refractivity contribution in [3.63, 3.8) is 0 Å². The highest BCUT2D eigenvalue weighted by atomic mass is 15.3. The Hall–Kier alpha value is -3.46. The maximum atomic E-state index is 5.88. The zero-order valence-electron chi connectivity index (χ0n) is 18.3. The van der Waals surface area contributed by atoms with E-state index < -0.39 is 0 Å². The van der Waals surface area contributed by atoms with Gasteiger partial charge in [-0.3, -0.25) is 9.88 Å². The summed E-state index contributed by atoms with van der Waals surface area (Å²) in [5.74, 6) is 1.65. The summed E-state index contributed by atoms with van der Waals surface area (Å²) in [6.07, 6.45) is 9.94. The monoisotopic (exact) mass is 419 g/mol. The minimum atomic E-state index is 0.235. The van der Waals surface area contributed by atoms with Gasteiger partial charge in [0.15, 0.2) is 5.82 Å². The first-order valence-corrected chi connectivity index (χ1v) is 10.4. The Labute approximate surface area is 182 Å². The number of hydrogen-bond donors (Lipinski definition) is 1. The molecule has 4 heterocycles. The van der Waals surface area contributed by atoms with Gasteiger partial charge in [0, 0.05) is 64.6 Å². The Balaban J connectivity index is 1.37. The van der Waals surface area contributed by atoms with Gasteiger partial charge >= 0.3 is 0 Å². The van der Waals surface area contributed by atoms with Gasteiger partial charge in [-0.1, -0.05) is 12.2 Å². The molecule has 1 fully saturated rings. The second kappa shape index (κ2) is 9.13. The van der Waals surface area contributed by atoms with Gasteiger partial charge in [0.2, 0.25) is 5.95 Å². The molecule has 162 valence electrons. The van der Waals surface area contributed by atoms with Crippen LogP contribution >= 0.6 is 0 Å². The third-order valence-corrected chi connectivity index (χ3v) is 5.48. The van der Waals surface area contributed by atoms with Crippen LogP contribution in [0.1, 0.15) is 11.3 Å². The van der Waals surface area contributed by atoms with Crippen LogP contribution in [0.4, 0.5) is 17.5 Å². The fourth-order valence-corrected chi connectivity index (χ4v) is 3.65. The van der Waals surface area contributed by atoms with E-state index in [2.05, 4.69) is 48.1 Å². The van der Waals surface area contributed by atoms with Gasteiger partial charge in [-0.2, -0.15) is 15.1 Å². The Morgan fingerprint density at radius 2 is 1.94 bits per heavy atom. The maximum Gasteiger partial charge on any atom is 0.224 e. The summed E-state index contributed by atoms with van der Waals surface area (Å²) < 4.78 is 1.80. The normalized spacial score (nSPS) is 15.0. The number of hydrogen-bond acceptors (Lipinski definition) is 8. The fraction of sp³-hybridized carbons (Fsp3) is 0.364. The van der Waals surface area contributed by atoms with Crippen LogP contribution in [0.25, 0.3) is 11.9 Å². The van der Waals surface area contributed by atoms with Crippen molar-refractivity contribution < 1.29 is 0 Å². The molecule has 0 aliphatic carbocycles. The molecule has 0 unspecified atom stereocenters. The molecule has 4 rings (SSSR count). The standard InChI is InChI=1S/C22H29N9/c1-17-18(15-25-31(17)21-14-20(28(2)3)26-22(23)27-21)6-5-9-29-10-12-30(13-11-29)19-7-4-8-24-16-19/h4-8,14-16H,9-13H2,1-3H3,(H2,23,26,27). The van der Waals surface area contributed by atoms with Gasteiger partial charge < -0.3 is 15.5 Å². The largest absolute Gasteiger partial charge is 0.368 e. The quantitative estimate of drug-likeness (QED) is 0.647. The highest BCUT2D eigenvalue weighted by Crippen LogP contribution is 2.19. The minimum Gasteiger partial charge on any atom is -0.368 e. The first-order chi connectivity index (χ1) is 15.0. The van der Waals surface area contributed by atoms with Gasteiger partial charge in [0.25, 0.3) is 0 Å². The molecule has 0 saturated carbocycles. The van der Waals surface area contributed by atoms with E-state index in [0.717, 1.165) is 49.8 Å². The summed E-state index contributed by atoms with van der Waals surface area (Å²) in [6, 6.07) is 5.99. The summed E-state index contributed by atoms with van der Waals surface area (Å²) in [5, 5.41) is 4.51. The predicted octanol–water partition coefficient (Wildman–Crippen LogP) is 1.85. The molecule has 3 aromatic rings. The van der Waals surface area contributed by atoms with Gasteiger partial charge in [-0.15, -0.1) is 0 Å². The molecule has 9 nitrogen and oxygen atoms in total. The molecule has 0 amide bonds. The van der Waals surface area contributed by atoms with E-state index in [1.807, 2.05) is 56.6 Å². The third kappa shape index (κ3) is 4.83. The van der Waals surface area contributed by atoms with Crippen LogP contribution in [-0.4, -0.2) is 76.5 Å². The van der Waals surface area contributed by atoms with Crippen LogP contribution in [-0.2, 0) is 0 Å². The zero-order valence-corrected chi connectivity index (χ0v) is 18.3. The number of nitrogens with two attached hydrogens (primary N) is 1. The van der Waals surface area contributed by atoms with Crippen molar-refractivity contribution in [1.82, 2.24) is 29.6 Å². The lowest BCUT2D eigenvalue weighted by Crippen LogP contribution is -2.46. The smallest absolute Gasteiger partial charge is 0.224 e. The fourth-order valence-electron chi connectivity index (χ4n) is 3.65. The number of piperazine rings is 1. The lowest BCUT2D eigenvalue weighted by atomic mass is 10.2. The lowest BCUT2D eigenvalue weighted by molar-refractivity contribution is 0.284. The molecule has 3 aromatic heterocycles. The Morgan fingerprint density at radius 1 is 1.13 bits per heavy atom. The first-order valence-electron chi connectivity index (χ1n) is 10.4. The summed E-state index contributed by atoms with van der Waals surface area (Å²) in [7, 11) is 3.85. The van der Waals surface area contributed by atoms with E-state index in [9.17, 15) is 0 Å². The van der Waals surface area contributed by atoms with Crippen LogP contribution in [0.15, 0.2) is 42.9 Å². The maximum absolute atomic E-state index is 5.88. The van der Waals surface area contributed by atoms with Crippen molar-refractivity contribution in [2.75, 3.05) is 62.4 Å². The Bertz CT molecular complexity index is 1030. The van der Waals surface area contributed by atoms with Crippen molar-refractivity contribution in [3.8, 4) is 5.82 Å². The van der Waals surface area contributed by atoms with Crippen LogP contribution in [0.3, 0.4) is 0 Å². The minimum absolute atomic E-state index is 0.235. The summed E-state index contributed by atoms with van der Waals surface area (Å²) in [5.41, 5.74) is 9.16. The van der Waals surface area contributed by atoms with Crippen molar-refractivity contribution in [3.05, 3.63) is 54.1 Å². The molecular weight excluding hydrogens is 390 g/mol. The second-order valence-corrected chi connectivity index (χ2v) is 7.84. The Morgan fingerprint density at radius 3 is 2.65 bits per heavy atom.